The van der Waals surface area contributed by atoms with E-state index in [0.29, 0.717) is 11.3 Å². The SMILES string of the molecule is Cc1ccc([N+](=O)[O-])cc1N(CCC(=O)O)C(=O)C(C)C. The maximum absolute atomic E-state index is 12.3. The first-order valence-corrected chi connectivity index (χ1v) is 6.52. The van der Waals surface area contributed by atoms with Crippen molar-refractivity contribution < 1.29 is 19.6 Å². The molecule has 0 aliphatic carbocycles. The standard InChI is InChI=1S/C14H18N2O5/c1-9(2)14(19)15(7-6-13(17)18)12-8-11(16(20)21)5-4-10(12)3/h4-5,8-9H,6-7H2,1-3H3,(H,17,18). The number of carbonyl (C=O) groups is 2. The van der Waals surface area contributed by atoms with Gasteiger partial charge in [-0.25, -0.2) is 0 Å². The average Bonchev–Trinajstić information content (AvgIpc) is 2.39. The number of anilines is 1. The molecule has 0 heterocycles. The van der Waals surface area contributed by atoms with Gasteiger partial charge in [0.25, 0.3) is 5.69 Å². The number of non-ortho nitro benzene ring substituents is 1. The molecule has 7 nitrogen and oxygen atoms in total. The highest BCUT2D eigenvalue weighted by Crippen LogP contribution is 2.27. The van der Waals surface area contributed by atoms with Crippen molar-refractivity contribution in [1.29, 1.82) is 0 Å². The molecular formula is C14H18N2O5. The molecule has 114 valence electrons. The van der Waals surface area contributed by atoms with Crippen LogP contribution in [0.25, 0.3) is 0 Å². The Balaban J connectivity index is 3.23. The molecule has 0 bridgehead atoms. The lowest BCUT2D eigenvalue weighted by molar-refractivity contribution is -0.384. The summed E-state index contributed by atoms with van der Waals surface area (Å²) in [4.78, 5) is 34.6. The molecule has 1 aromatic carbocycles. The first kappa shape index (κ1) is 16.6. The summed E-state index contributed by atoms with van der Waals surface area (Å²) in [5, 5.41) is 19.7. The largest absolute Gasteiger partial charge is 0.481 e. The topological polar surface area (TPSA) is 101 Å². The number of amides is 1. The van der Waals surface area contributed by atoms with Crippen LogP contribution in [0.1, 0.15) is 25.8 Å². The van der Waals surface area contributed by atoms with E-state index < -0.39 is 10.9 Å². The first-order valence-electron chi connectivity index (χ1n) is 6.52. The molecule has 0 aromatic heterocycles. The van der Waals surface area contributed by atoms with E-state index in [-0.39, 0.29) is 30.5 Å². The summed E-state index contributed by atoms with van der Waals surface area (Å²) in [6, 6.07) is 4.21. The molecule has 7 heteroatoms. The van der Waals surface area contributed by atoms with Gasteiger partial charge in [-0.2, -0.15) is 0 Å². The molecule has 0 unspecified atom stereocenters. The molecule has 1 amide bonds. The van der Waals surface area contributed by atoms with Gasteiger partial charge in [-0.3, -0.25) is 19.7 Å². The number of aryl methyl sites for hydroxylation is 1. The normalized spacial score (nSPS) is 10.5. The Morgan fingerprint density at radius 1 is 1.38 bits per heavy atom. The Morgan fingerprint density at radius 2 is 2.00 bits per heavy atom. The number of hydrogen-bond acceptors (Lipinski definition) is 4. The lowest BCUT2D eigenvalue weighted by atomic mass is 10.1. The number of rotatable bonds is 6. The monoisotopic (exact) mass is 294 g/mol. The Bertz CT molecular complexity index is 568. The van der Waals surface area contributed by atoms with E-state index in [1.165, 1.54) is 17.0 Å². The quantitative estimate of drug-likeness (QED) is 0.641. The summed E-state index contributed by atoms with van der Waals surface area (Å²) in [6.07, 6.45) is -0.222. The van der Waals surface area contributed by atoms with Crippen LogP contribution in [0.15, 0.2) is 18.2 Å². The lowest BCUT2D eigenvalue weighted by Crippen LogP contribution is -2.36. The minimum Gasteiger partial charge on any atom is -0.481 e. The molecule has 0 atom stereocenters. The van der Waals surface area contributed by atoms with Crippen molar-refractivity contribution in [2.45, 2.75) is 27.2 Å². The van der Waals surface area contributed by atoms with Gasteiger partial charge in [0.05, 0.1) is 17.0 Å². The number of hydrogen-bond donors (Lipinski definition) is 1. The fourth-order valence-electron chi connectivity index (χ4n) is 1.87. The Kier molecular flexibility index (Phi) is 5.40. The molecule has 0 aliphatic heterocycles. The third-order valence-electron chi connectivity index (χ3n) is 3.00. The molecule has 0 aliphatic rings. The van der Waals surface area contributed by atoms with Crippen molar-refractivity contribution in [2.75, 3.05) is 11.4 Å². The van der Waals surface area contributed by atoms with Crippen LogP contribution in [0.2, 0.25) is 0 Å². The van der Waals surface area contributed by atoms with Gasteiger partial charge in [-0.05, 0) is 12.5 Å². The number of aliphatic carboxylic acids is 1. The smallest absolute Gasteiger partial charge is 0.305 e. The van der Waals surface area contributed by atoms with Gasteiger partial charge >= 0.3 is 5.97 Å². The fraction of sp³-hybridized carbons (Fsp3) is 0.429. The Labute approximate surface area is 122 Å². The van der Waals surface area contributed by atoms with Crippen LogP contribution >= 0.6 is 0 Å². The number of carbonyl (C=O) groups excluding carboxylic acids is 1. The predicted molar refractivity (Wildman–Crippen MR) is 77.3 cm³/mol. The van der Waals surface area contributed by atoms with E-state index in [2.05, 4.69) is 0 Å². The van der Waals surface area contributed by atoms with Crippen LogP contribution in [0.3, 0.4) is 0 Å². The van der Waals surface area contributed by atoms with Crippen molar-refractivity contribution in [3.8, 4) is 0 Å². The zero-order valence-electron chi connectivity index (χ0n) is 12.2. The van der Waals surface area contributed by atoms with Crippen molar-refractivity contribution in [3.05, 3.63) is 33.9 Å². The summed E-state index contributed by atoms with van der Waals surface area (Å²) in [7, 11) is 0. The highest BCUT2D eigenvalue weighted by Gasteiger charge is 2.23. The highest BCUT2D eigenvalue weighted by molar-refractivity contribution is 5.96. The van der Waals surface area contributed by atoms with Crippen LogP contribution in [0.5, 0.6) is 0 Å². The summed E-state index contributed by atoms with van der Waals surface area (Å²) in [6.45, 7) is 5.10. The third kappa shape index (κ3) is 4.27. The van der Waals surface area contributed by atoms with E-state index in [0.717, 1.165) is 0 Å². The molecule has 1 rings (SSSR count). The highest BCUT2D eigenvalue weighted by atomic mass is 16.6. The molecule has 0 saturated heterocycles. The van der Waals surface area contributed by atoms with Crippen molar-refractivity contribution >= 4 is 23.3 Å². The Hall–Kier alpha value is -2.44. The van der Waals surface area contributed by atoms with Crippen LogP contribution in [0, 0.1) is 23.0 Å². The van der Waals surface area contributed by atoms with Gasteiger partial charge in [0.15, 0.2) is 0 Å². The van der Waals surface area contributed by atoms with Gasteiger partial charge in [-0.1, -0.05) is 19.9 Å². The van der Waals surface area contributed by atoms with E-state index in [1.807, 2.05) is 0 Å². The molecule has 0 saturated carbocycles. The number of nitro groups is 1. The number of nitrogens with zero attached hydrogens (tertiary/aromatic N) is 2. The van der Waals surface area contributed by atoms with Crippen LogP contribution in [-0.2, 0) is 9.59 Å². The number of benzene rings is 1. The van der Waals surface area contributed by atoms with Gasteiger partial charge in [0.1, 0.15) is 0 Å². The molecular weight excluding hydrogens is 276 g/mol. The Morgan fingerprint density at radius 3 is 2.48 bits per heavy atom. The van der Waals surface area contributed by atoms with E-state index in [4.69, 9.17) is 5.11 Å². The van der Waals surface area contributed by atoms with Gasteiger partial charge in [-0.15, -0.1) is 0 Å². The van der Waals surface area contributed by atoms with Crippen molar-refractivity contribution in [3.63, 3.8) is 0 Å². The molecule has 0 fully saturated rings. The minimum absolute atomic E-state index is 0.0195. The summed E-state index contributed by atoms with van der Waals surface area (Å²) >= 11 is 0. The van der Waals surface area contributed by atoms with Crippen LogP contribution in [-0.4, -0.2) is 28.5 Å². The van der Waals surface area contributed by atoms with E-state index in [1.54, 1.807) is 26.8 Å². The second kappa shape index (κ2) is 6.83. The maximum atomic E-state index is 12.3. The zero-order chi connectivity index (χ0) is 16.2. The summed E-state index contributed by atoms with van der Waals surface area (Å²) in [5.41, 5.74) is 0.927. The fourth-order valence-corrected chi connectivity index (χ4v) is 1.87. The van der Waals surface area contributed by atoms with Crippen LogP contribution in [0.4, 0.5) is 11.4 Å². The second-order valence-corrected chi connectivity index (χ2v) is 5.02. The summed E-state index contributed by atoms with van der Waals surface area (Å²) < 4.78 is 0. The molecule has 0 spiro atoms. The minimum atomic E-state index is -1.03. The molecule has 1 N–H and O–H groups in total. The number of carboxylic acids is 1. The average molecular weight is 294 g/mol. The maximum Gasteiger partial charge on any atom is 0.305 e. The molecule has 1 aromatic rings. The van der Waals surface area contributed by atoms with Crippen molar-refractivity contribution in [1.82, 2.24) is 0 Å². The lowest BCUT2D eigenvalue weighted by Gasteiger charge is -2.25. The van der Waals surface area contributed by atoms with Crippen LogP contribution < -0.4 is 4.90 Å². The van der Waals surface area contributed by atoms with E-state index >= 15 is 0 Å². The number of nitro benzene ring substituents is 1. The van der Waals surface area contributed by atoms with Crippen molar-refractivity contribution in [2.24, 2.45) is 5.92 Å². The third-order valence-corrected chi connectivity index (χ3v) is 3.00. The first-order chi connectivity index (χ1) is 9.73. The van der Waals surface area contributed by atoms with E-state index in [9.17, 15) is 19.7 Å². The molecule has 21 heavy (non-hydrogen) atoms. The zero-order valence-corrected chi connectivity index (χ0v) is 12.2. The van der Waals surface area contributed by atoms with Gasteiger partial charge in [0.2, 0.25) is 5.91 Å². The summed E-state index contributed by atoms with van der Waals surface area (Å²) in [5.74, 6) is -1.63. The van der Waals surface area contributed by atoms with Gasteiger partial charge < -0.3 is 10.0 Å². The molecule has 0 radical (unpaired) electrons. The predicted octanol–water partition coefficient (Wildman–Crippen LogP) is 2.37. The van der Waals surface area contributed by atoms with Gasteiger partial charge in [0, 0.05) is 24.6 Å². The second-order valence-electron chi connectivity index (χ2n) is 5.02. The number of carboxylic acid groups (broad SMARTS) is 1.